The normalized spacial score (nSPS) is 16.8. The van der Waals surface area contributed by atoms with Crippen LogP contribution in [0.15, 0.2) is 30.3 Å². The number of fused-ring (bicyclic) bond motifs is 1. The van der Waals surface area contributed by atoms with E-state index in [0.29, 0.717) is 13.0 Å². The fraction of sp³-hybridized carbons (Fsp3) is 0.375. The largest absolute Gasteiger partial charge is 0.492 e. The van der Waals surface area contributed by atoms with Crippen molar-refractivity contribution >= 4 is 5.78 Å². The third kappa shape index (κ3) is 2.22. The van der Waals surface area contributed by atoms with E-state index >= 15 is 0 Å². The predicted octanol–water partition coefficient (Wildman–Crippen LogP) is 2.50. The summed E-state index contributed by atoms with van der Waals surface area (Å²) in [6, 6.07) is 9.77. The van der Waals surface area contributed by atoms with Crippen molar-refractivity contribution in [2.75, 3.05) is 6.61 Å². The van der Waals surface area contributed by atoms with Crippen molar-refractivity contribution in [1.82, 2.24) is 9.78 Å². The molecule has 4 nitrogen and oxygen atoms in total. The highest BCUT2D eigenvalue weighted by Crippen LogP contribution is 2.34. The molecule has 0 saturated carbocycles. The number of hydrogen-bond acceptors (Lipinski definition) is 3. The second-order valence-corrected chi connectivity index (χ2v) is 5.14. The lowest BCUT2D eigenvalue weighted by Gasteiger charge is -2.09. The molecule has 0 spiro atoms. The van der Waals surface area contributed by atoms with Crippen LogP contribution in [-0.2, 0) is 17.8 Å². The van der Waals surface area contributed by atoms with Gasteiger partial charge < -0.3 is 4.74 Å². The van der Waals surface area contributed by atoms with E-state index in [4.69, 9.17) is 4.74 Å². The number of para-hydroxylation sites is 1. The molecule has 0 bridgehead atoms. The molecular formula is C16H18N2O2. The summed E-state index contributed by atoms with van der Waals surface area (Å²) in [4.78, 5) is 12.5. The van der Waals surface area contributed by atoms with E-state index in [-0.39, 0.29) is 11.7 Å². The van der Waals surface area contributed by atoms with Crippen molar-refractivity contribution in [3.63, 3.8) is 0 Å². The summed E-state index contributed by atoms with van der Waals surface area (Å²) in [6.07, 6.45) is 0.414. The maximum absolute atomic E-state index is 12.5. The lowest BCUT2D eigenvalue weighted by Crippen LogP contribution is -2.18. The van der Waals surface area contributed by atoms with Crippen LogP contribution in [0.2, 0.25) is 0 Å². The Hall–Kier alpha value is -2.10. The van der Waals surface area contributed by atoms with Crippen molar-refractivity contribution in [3.8, 4) is 5.75 Å². The first-order valence-electron chi connectivity index (χ1n) is 6.96. The number of nitrogens with zero attached hydrogens (tertiary/aromatic N) is 2. The number of aromatic nitrogens is 2. The molecule has 0 fully saturated rings. The Morgan fingerprint density at radius 2 is 2.25 bits per heavy atom. The number of hydrogen-bond donors (Lipinski definition) is 0. The predicted molar refractivity (Wildman–Crippen MR) is 76.0 cm³/mol. The van der Waals surface area contributed by atoms with Gasteiger partial charge in [0.2, 0.25) is 0 Å². The second-order valence-electron chi connectivity index (χ2n) is 5.14. The van der Waals surface area contributed by atoms with Gasteiger partial charge in [-0.3, -0.25) is 9.48 Å². The van der Waals surface area contributed by atoms with Crippen LogP contribution >= 0.6 is 0 Å². The number of aryl methyl sites for hydroxylation is 2. The monoisotopic (exact) mass is 270 g/mol. The molecule has 20 heavy (non-hydrogen) atoms. The highest BCUT2D eigenvalue weighted by Gasteiger charge is 2.30. The lowest BCUT2D eigenvalue weighted by molar-refractivity contribution is -0.120. The fourth-order valence-electron chi connectivity index (χ4n) is 2.75. The van der Waals surface area contributed by atoms with Gasteiger partial charge in [0.15, 0.2) is 0 Å². The van der Waals surface area contributed by atoms with E-state index in [1.807, 2.05) is 48.9 Å². The zero-order valence-corrected chi connectivity index (χ0v) is 11.8. The number of carbonyl (C=O) groups excluding carboxylic acids is 1. The molecule has 0 aliphatic carbocycles. The molecule has 0 radical (unpaired) electrons. The van der Waals surface area contributed by atoms with Crippen molar-refractivity contribution in [1.29, 1.82) is 0 Å². The Morgan fingerprint density at radius 1 is 1.45 bits per heavy atom. The maximum Gasteiger partial charge on any atom is 0.149 e. The highest BCUT2D eigenvalue weighted by atomic mass is 16.5. The molecule has 0 amide bonds. The van der Waals surface area contributed by atoms with Gasteiger partial charge in [-0.05, 0) is 26.0 Å². The van der Waals surface area contributed by atoms with E-state index in [9.17, 15) is 4.79 Å². The number of ether oxygens (including phenoxy) is 1. The first kappa shape index (κ1) is 12.9. The van der Waals surface area contributed by atoms with Crippen LogP contribution in [0.5, 0.6) is 5.75 Å². The van der Waals surface area contributed by atoms with E-state index in [1.54, 1.807) is 0 Å². The summed E-state index contributed by atoms with van der Waals surface area (Å²) in [5, 5.41) is 4.39. The van der Waals surface area contributed by atoms with Gasteiger partial charge in [-0.2, -0.15) is 5.10 Å². The van der Waals surface area contributed by atoms with Crippen molar-refractivity contribution in [3.05, 3.63) is 47.3 Å². The molecule has 1 aromatic heterocycles. The molecule has 2 aromatic rings. The van der Waals surface area contributed by atoms with E-state index in [1.165, 1.54) is 0 Å². The zero-order valence-electron chi connectivity index (χ0n) is 11.8. The summed E-state index contributed by atoms with van der Waals surface area (Å²) >= 11 is 0. The maximum atomic E-state index is 12.5. The molecule has 1 aromatic carbocycles. The third-order valence-corrected chi connectivity index (χ3v) is 3.73. The Morgan fingerprint density at radius 3 is 3.05 bits per heavy atom. The average molecular weight is 270 g/mol. The van der Waals surface area contributed by atoms with Gasteiger partial charge in [-0.25, -0.2) is 0 Å². The lowest BCUT2D eigenvalue weighted by atomic mass is 9.94. The van der Waals surface area contributed by atoms with Crippen molar-refractivity contribution < 1.29 is 9.53 Å². The van der Waals surface area contributed by atoms with Gasteiger partial charge >= 0.3 is 0 Å². The summed E-state index contributed by atoms with van der Waals surface area (Å²) in [6.45, 7) is 5.23. The minimum absolute atomic E-state index is 0.147. The Kier molecular flexibility index (Phi) is 3.30. The molecule has 3 rings (SSSR count). The molecule has 0 saturated heterocycles. The first-order chi connectivity index (χ1) is 9.69. The summed E-state index contributed by atoms with van der Waals surface area (Å²) < 4.78 is 7.49. The molecule has 1 unspecified atom stereocenters. The summed E-state index contributed by atoms with van der Waals surface area (Å²) in [5.41, 5.74) is 2.95. The summed E-state index contributed by atoms with van der Waals surface area (Å²) in [5.74, 6) is 0.891. The standard InChI is InChI=1S/C16H18N2O2/c1-3-18-12(8-11(2)17-18)9-15(19)14-10-20-16-7-5-4-6-13(14)16/h4-8,14H,3,9-10H2,1-2H3. The van der Waals surface area contributed by atoms with Crippen LogP contribution in [0.4, 0.5) is 0 Å². The van der Waals surface area contributed by atoms with Gasteiger partial charge in [0.05, 0.1) is 11.6 Å². The molecule has 4 heteroatoms. The number of rotatable bonds is 4. The van der Waals surface area contributed by atoms with Crippen LogP contribution in [0, 0.1) is 6.92 Å². The molecule has 1 aliphatic heterocycles. The first-order valence-corrected chi connectivity index (χ1v) is 6.96. The van der Waals surface area contributed by atoms with Crippen LogP contribution in [0.3, 0.4) is 0 Å². The number of ketones is 1. The molecule has 0 N–H and O–H groups in total. The average Bonchev–Trinajstić information content (AvgIpc) is 3.02. The quantitative estimate of drug-likeness (QED) is 0.857. The minimum atomic E-state index is -0.147. The SMILES string of the molecule is CCn1nc(C)cc1CC(=O)C1COc2ccccc21. The minimum Gasteiger partial charge on any atom is -0.492 e. The van der Waals surface area contributed by atoms with Crippen LogP contribution in [0.25, 0.3) is 0 Å². The van der Waals surface area contributed by atoms with Crippen LogP contribution in [-0.4, -0.2) is 22.2 Å². The van der Waals surface area contributed by atoms with E-state index in [2.05, 4.69) is 5.10 Å². The number of carbonyl (C=O) groups is 1. The van der Waals surface area contributed by atoms with Gasteiger partial charge in [-0.15, -0.1) is 0 Å². The number of benzene rings is 1. The van der Waals surface area contributed by atoms with Gasteiger partial charge in [-0.1, -0.05) is 18.2 Å². The zero-order chi connectivity index (χ0) is 14.1. The second kappa shape index (κ2) is 5.12. The smallest absolute Gasteiger partial charge is 0.149 e. The van der Waals surface area contributed by atoms with Crippen LogP contribution < -0.4 is 4.74 Å². The van der Waals surface area contributed by atoms with Crippen LogP contribution in [0.1, 0.15) is 29.8 Å². The topological polar surface area (TPSA) is 44.1 Å². The molecule has 1 aliphatic rings. The Balaban J connectivity index is 1.81. The number of Topliss-reactive ketones (excluding diaryl/α,β-unsaturated/α-hetero) is 1. The van der Waals surface area contributed by atoms with Gasteiger partial charge in [0, 0.05) is 24.2 Å². The van der Waals surface area contributed by atoms with Gasteiger partial charge in [0.25, 0.3) is 0 Å². The Labute approximate surface area is 118 Å². The van der Waals surface area contributed by atoms with Crippen molar-refractivity contribution in [2.24, 2.45) is 0 Å². The molecule has 2 heterocycles. The van der Waals surface area contributed by atoms with E-state index < -0.39 is 0 Å². The van der Waals surface area contributed by atoms with E-state index in [0.717, 1.165) is 29.2 Å². The molecule has 104 valence electrons. The third-order valence-electron chi connectivity index (χ3n) is 3.73. The van der Waals surface area contributed by atoms with Crippen molar-refractivity contribution in [2.45, 2.75) is 32.7 Å². The summed E-state index contributed by atoms with van der Waals surface area (Å²) in [7, 11) is 0. The fourth-order valence-corrected chi connectivity index (χ4v) is 2.75. The highest BCUT2D eigenvalue weighted by molar-refractivity contribution is 5.89. The molecule has 1 atom stereocenters. The Bertz CT molecular complexity index is 646. The molecular weight excluding hydrogens is 252 g/mol. The van der Waals surface area contributed by atoms with Gasteiger partial charge in [0.1, 0.15) is 18.1 Å².